The number of anilines is 1. The van der Waals surface area contributed by atoms with Gasteiger partial charge in [-0.15, -0.1) is 0 Å². The fourth-order valence-corrected chi connectivity index (χ4v) is 5.33. The summed E-state index contributed by atoms with van der Waals surface area (Å²) < 4.78 is 38.4. The Balaban J connectivity index is 1.84. The van der Waals surface area contributed by atoms with Crippen molar-refractivity contribution in [1.82, 2.24) is 4.90 Å². The van der Waals surface area contributed by atoms with Gasteiger partial charge in [0.2, 0.25) is 10.0 Å². The van der Waals surface area contributed by atoms with Gasteiger partial charge in [0.1, 0.15) is 11.9 Å². The van der Waals surface area contributed by atoms with E-state index in [0.717, 1.165) is 35.8 Å². The van der Waals surface area contributed by atoms with Crippen LogP contribution in [0.4, 0.5) is 5.69 Å². The van der Waals surface area contributed by atoms with E-state index < -0.39 is 21.7 Å². The van der Waals surface area contributed by atoms with Gasteiger partial charge in [0.25, 0.3) is 0 Å². The molecule has 0 aliphatic carbocycles. The van der Waals surface area contributed by atoms with Gasteiger partial charge in [0.15, 0.2) is 5.75 Å². The van der Waals surface area contributed by atoms with Gasteiger partial charge in [0, 0.05) is 13.1 Å². The lowest BCUT2D eigenvalue weighted by molar-refractivity contribution is -0.139. The zero-order valence-electron chi connectivity index (χ0n) is 20.4. The first-order valence-electron chi connectivity index (χ1n) is 11.7. The molecule has 0 bridgehead atoms. The monoisotopic (exact) mass is 531 g/mol. The largest absolute Gasteiger partial charge is 0.489 e. The molecule has 2 aromatic carbocycles. The van der Waals surface area contributed by atoms with Crippen molar-refractivity contribution in [3.05, 3.63) is 64.7 Å². The molecule has 1 heterocycles. The molecule has 36 heavy (non-hydrogen) atoms. The predicted molar refractivity (Wildman–Crippen MR) is 141 cm³/mol. The number of sulfonamides is 1. The molecule has 1 aliphatic heterocycles. The van der Waals surface area contributed by atoms with Gasteiger partial charge in [-0.2, -0.15) is 5.26 Å². The van der Waals surface area contributed by atoms with E-state index in [9.17, 15) is 13.2 Å². The van der Waals surface area contributed by atoms with Crippen LogP contribution < -0.4 is 9.04 Å². The van der Waals surface area contributed by atoms with E-state index in [1.165, 1.54) is 6.07 Å². The molecule has 0 spiro atoms. The Hall–Kier alpha value is -3.06. The van der Waals surface area contributed by atoms with Gasteiger partial charge >= 0.3 is 5.97 Å². The Bertz CT molecular complexity index is 1230. The molecule has 0 aromatic heterocycles. The van der Waals surface area contributed by atoms with E-state index in [-0.39, 0.29) is 24.3 Å². The average Bonchev–Trinajstić information content (AvgIpc) is 2.84. The third kappa shape index (κ3) is 7.72. The highest BCUT2D eigenvalue weighted by atomic mass is 35.5. The van der Waals surface area contributed by atoms with Crippen LogP contribution in [-0.2, 0) is 19.6 Å². The minimum atomic E-state index is -4.08. The smallest absolute Gasteiger partial charge is 0.323 e. The SMILES string of the molecule is CCOC(=O)CS(=O)(=O)N(CC=Cc1cccc(C#N)c1)c1ccc(OC2CCN(C)CC2)c(Cl)c1. The van der Waals surface area contributed by atoms with Crippen LogP contribution in [0.15, 0.2) is 48.5 Å². The van der Waals surface area contributed by atoms with E-state index >= 15 is 0 Å². The number of carbonyl (C=O) groups is 1. The maximum absolute atomic E-state index is 13.2. The average molecular weight is 532 g/mol. The highest BCUT2D eigenvalue weighted by molar-refractivity contribution is 7.93. The fourth-order valence-electron chi connectivity index (χ4n) is 3.83. The lowest BCUT2D eigenvalue weighted by Crippen LogP contribution is -2.36. The number of ether oxygens (including phenoxy) is 2. The Morgan fingerprint density at radius 1 is 1.25 bits per heavy atom. The summed E-state index contributed by atoms with van der Waals surface area (Å²) in [6.07, 6.45) is 5.17. The van der Waals surface area contributed by atoms with Crippen molar-refractivity contribution >= 4 is 39.4 Å². The fraction of sp³-hybridized carbons (Fsp3) is 0.385. The number of nitriles is 1. The van der Waals surface area contributed by atoms with Crippen LogP contribution in [0.5, 0.6) is 5.75 Å². The van der Waals surface area contributed by atoms with Crippen LogP contribution >= 0.6 is 11.6 Å². The summed E-state index contributed by atoms with van der Waals surface area (Å²) in [5.41, 5.74) is 1.54. The standard InChI is InChI=1S/C26H30ClN3O5S/c1-3-34-26(31)19-36(32,33)30(13-5-8-20-6-4-7-21(16-20)18-28)22-9-10-25(24(27)17-22)35-23-11-14-29(2)15-12-23/h4-10,16-17,23H,3,11-15,19H2,1-2H3. The molecule has 3 rings (SSSR count). The van der Waals surface area contributed by atoms with E-state index in [4.69, 9.17) is 26.3 Å². The van der Waals surface area contributed by atoms with Gasteiger partial charge in [-0.3, -0.25) is 9.10 Å². The van der Waals surface area contributed by atoms with E-state index in [1.807, 2.05) is 0 Å². The van der Waals surface area contributed by atoms with E-state index in [2.05, 4.69) is 18.0 Å². The molecule has 0 saturated carbocycles. The number of hydrogen-bond donors (Lipinski definition) is 0. The van der Waals surface area contributed by atoms with Gasteiger partial charge in [0.05, 0.1) is 35.5 Å². The number of benzene rings is 2. The molecule has 1 saturated heterocycles. The van der Waals surface area contributed by atoms with Crippen LogP contribution in [0.3, 0.4) is 0 Å². The first-order valence-corrected chi connectivity index (χ1v) is 13.7. The lowest BCUT2D eigenvalue weighted by Gasteiger charge is -2.30. The second kappa shape index (κ2) is 12.8. The highest BCUT2D eigenvalue weighted by Gasteiger charge is 2.27. The summed E-state index contributed by atoms with van der Waals surface area (Å²) >= 11 is 6.49. The van der Waals surface area contributed by atoms with Crippen LogP contribution in [0.25, 0.3) is 6.08 Å². The number of nitrogens with zero attached hydrogens (tertiary/aromatic N) is 3. The lowest BCUT2D eigenvalue weighted by atomic mass is 10.1. The zero-order valence-corrected chi connectivity index (χ0v) is 22.0. The molecule has 0 unspecified atom stereocenters. The third-order valence-electron chi connectivity index (χ3n) is 5.70. The summed E-state index contributed by atoms with van der Waals surface area (Å²) in [7, 11) is -2.01. The van der Waals surface area contributed by atoms with Crippen LogP contribution in [0, 0.1) is 11.3 Å². The normalized spacial score (nSPS) is 14.9. The Labute approximate surface area is 217 Å². The van der Waals surface area contributed by atoms with Gasteiger partial charge < -0.3 is 14.4 Å². The third-order valence-corrected chi connectivity index (χ3v) is 7.63. The zero-order chi connectivity index (χ0) is 26.1. The number of hydrogen-bond acceptors (Lipinski definition) is 7. The molecule has 1 aliphatic rings. The summed E-state index contributed by atoms with van der Waals surface area (Å²) in [5, 5.41) is 9.38. The second-order valence-electron chi connectivity index (χ2n) is 8.47. The van der Waals surface area contributed by atoms with Crippen molar-refractivity contribution in [2.24, 2.45) is 0 Å². The number of piperidine rings is 1. The van der Waals surface area contributed by atoms with Crippen molar-refractivity contribution in [3.63, 3.8) is 0 Å². The van der Waals surface area contributed by atoms with Crippen LogP contribution in [0.2, 0.25) is 5.02 Å². The number of carbonyl (C=O) groups excluding carboxylic acids is 1. The minimum Gasteiger partial charge on any atom is -0.489 e. The quantitative estimate of drug-likeness (QED) is 0.425. The summed E-state index contributed by atoms with van der Waals surface area (Å²) in [6.45, 7) is 3.51. The summed E-state index contributed by atoms with van der Waals surface area (Å²) in [5.74, 6) is -1.15. The maximum Gasteiger partial charge on any atom is 0.323 e. The first kappa shape index (κ1) is 27.5. The molecular formula is C26H30ClN3O5S. The van der Waals surface area contributed by atoms with E-state index in [0.29, 0.717) is 17.0 Å². The molecule has 0 N–H and O–H groups in total. The molecule has 8 nitrogen and oxygen atoms in total. The molecule has 192 valence electrons. The van der Waals surface area contributed by atoms with Crippen molar-refractivity contribution in [2.45, 2.75) is 25.9 Å². The topological polar surface area (TPSA) is 99.9 Å². The maximum atomic E-state index is 13.2. The van der Waals surface area contributed by atoms with Crippen molar-refractivity contribution in [1.29, 1.82) is 5.26 Å². The number of esters is 1. The number of likely N-dealkylation sites (tertiary alicyclic amines) is 1. The summed E-state index contributed by atoms with van der Waals surface area (Å²) in [6, 6.07) is 13.8. The van der Waals surface area contributed by atoms with Crippen molar-refractivity contribution in [2.75, 3.05) is 43.3 Å². The first-order chi connectivity index (χ1) is 17.2. The molecule has 0 atom stereocenters. The van der Waals surface area contributed by atoms with E-state index in [1.54, 1.807) is 55.5 Å². The van der Waals surface area contributed by atoms with Crippen LogP contribution in [0.1, 0.15) is 30.9 Å². The van der Waals surface area contributed by atoms with Gasteiger partial charge in [-0.1, -0.05) is 35.9 Å². The number of rotatable bonds is 10. The Kier molecular flexibility index (Phi) is 9.76. The molecule has 2 aromatic rings. The molecule has 0 amide bonds. The van der Waals surface area contributed by atoms with Gasteiger partial charge in [-0.05, 0) is 62.7 Å². The molecular weight excluding hydrogens is 502 g/mol. The van der Waals surface area contributed by atoms with Crippen LogP contribution in [-0.4, -0.2) is 64.4 Å². The Morgan fingerprint density at radius 3 is 2.67 bits per heavy atom. The number of halogens is 1. The molecule has 10 heteroatoms. The minimum absolute atomic E-state index is 0.0420. The highest BCUT2D eigenvalue weighted by Crippen LogP contribution is 2.32. The van der Waals surface area contributed by atoms with Gasteiger partial charge in [-0.25, -0.2) is 8.42 Å². The Morgan fingerprint density at radius 2 is 2.00 bits per heavy atom. The second-order valence-corrected chi connectivity index (χ2v) is 10.8. The summed E-state index contributed by atoms with van der Waals surface area (Å²) in [4.78, 5) is 14.2. The van der Waals surface area contributed by atoms with Crippen molar-refractivity contribution in [3.8, 4) is 11.8 Å². The van der Waals surface area contributed by atoms with Crippen molar-refractivity contribution < 1.29 is 22.7 Å². The molecule has 0 radical (unpaired) electrons. The predicted octanol–water partition coefficient (Wildman–Crippen LogP) is 4.10. The molecule has 1 fully saturated rings.